The molecule has 0 radical (unpaired) electrons. The summed E-state index contributed by atoms with van der Waals surface area (Å²) >= 11 is 0. The fourth-order valence-corrected chi connectivity index (χ4v) is 2.86. The summed E-state index contributed by atoms with van der Waals surface area (Å²) in [6, 6.07) is 4.15. The number of piperidine rings is 1. The SMILES string of the molecule is O=C(NCc1ccc(F)c(CO)c1)[C@H]1CCCN(CC(F)(F)F)C1. The highest BCUT2D eigenvalue weighted by atomic mass is 19.4. The zero-order valence-electron chi connectivity index (χ0n) is 13.1. The molecule has 134 valence electrons. The number of carbonyl (C=O) groups excluding carboxylic acids is 1. The number of likely N-dealkylation sites (tertiary alicyclic amines) is 1. The molecule has 0 saturated carbocycles. The van der Waals surface area contributed by atoms with E-state index in [-0.39, 0.29) is 24.6 Å². The third kappa shape index (κ3) is 5.45. The Balaban J connectivity index is 1.88. The molecule has 8 heteroatoms. The van der Waals surface area contributed by atoms with Crippen LogP contribution in [0.2, 0.25) is 0 Å². The number of carbonyl (C=O) groups is 1. The molecule has 1 heterocycles. The Bertz CT molecular complexity index is 578. The highest BCUT2D eigenvalue weighted by molar-refractivity contribution is 5.78. The molecule has 0 aliphatic carbocycles. The quantitative estimate of drug-likeness (QED) is 0.803. The lowest BCUT2D eigenvalue weighted by molar-refractivity contribution is -0.152. The van der Waals surface area contributed by atoms with Crippen LogP contribution in [0.15, 0.2) is 18.2 Å². The van der Waals surface area contributed by atoms with E-state index in [0.29, 0.717) is 24.9 Å². The number of aliphatic hydroxyl groups excluding tert-OH is 1. The first-order valence-corrected chi connectivity index (χ1v) is 7.73. The summed E-state index contributed by atoms with van der Waals surface area (Å²) in [5.41, 5.74) is 0.757. The molecular formula is C16H20F4N2O2. The predicted octanol–water partition coefficient (Wildman–Crippen LogP) is 2.21. The van der Waals surface area contributed by atoms with Crippen molar-refractivity contribution < 1.29 is 27.5 Å². The van der Waals surface area contributed by atoms with Gasteiger partial charge in [0.15, 0.2) is 0 Å². The number of alkyl halides is 3. The Morgan fingerprint density at radius 1 is 1.38 bits per heavy atom. The van der Waals surface area contributed by atoms with E-state index in [1.165, 1.54) is 23.1 Å². The molecule has 24 heavy (non-hydrogen) atoms. The van der Waals surface area contributed by atoms with Crippen LogP contribution in [0.5, 0.6) is 0 Å². The summed E-state index contributed by atoms with van der Waals surface area (Å²) in [4.78, 5) is 13.4. The van der Waals surface area contributed by atoms with Crippen molar-refractivity contribution in [2.45, 2.75) is 32.2 Å². The molecule has 4 nitrogen and oxygen atoms in total. The van der Waals surface area contributed by atoms with Crippen molar-refractivity contribution >= 4 is 5.91 Å². The third-order valence-electron chi connectivity index (χ3n) is 4.03. The second-order valence-corrected chi connectivity index (χ2v) is 5.99. The minimum atomic E-state index is -4.27. The monoisotopic (exact) mass is 348 g/mol. The molecule has 1 aliphatic heterocycles. The molecule has 1 fully saturated rings. The third-order valence-corrected chi connectivity index (χ3v) is 4.03. The van der Waals surface area contributed by atoms with Gasteiger partial charge in [0.25, 0.3) is 0 Å². The Morgan fingerprint density at radius 2 is 2.12 bits per heavy atom. The maximum absolute atomic E-state index is 13.3. The Hall–Kier alpha value is -1.67. The summed E-state index contributed by atoms with van der Waals surface area (Å²) < 4.78 is 50.6. The van der Waals surface area contributed by atoms with Crippen LogP contribution in [0.4, 0.5) is 17.6 Å². The van der Waals surface area contributed by atoms with Crippen molar-refractivity contribution in [2.24, 2.45) is 5.92 Å². The number of amides is 1. The van der Waals surface area contributed by atoms with Crippen LogP contribution in [-0.4, -0.2) is 41.7 Å². The van der Waals surface area contributed by atoms with Crippen molar-refractivity contribution in [3.8, 4) is 0 Å². The first-order chi connectivity index (χ1) is 11.3. The number of halogens is 4. The lowest BCUT2D eigenvalue weighted by atomic mass is 9.97. The maximum atomic E-state index is 13.3. The molecule has 1 aliphatic rings. The molecule has 1 aromatic rings. The molecule has 1 amide bonds. The fraction of sp³-hybridized carbons (Fsp3) is 0.562. The summed E-state index contributed by atoms with van der Waals surface area (Å²) in [6.45, 7) is -0.892. The van der Waals surface area contributed by atoms with E-state index in [1.54, 1.807) is 0 Å². The fourth-order valence-electron chi connectivity index (χ4n) is 2.86. The van der Waals surface area contributed by atoms with E-state index in [9.17, 15) is 22.4 Å². The van der Waals surface area contributed by atoms with Gasteiger partial charge in [0.1, 0.15) is 5.82 Å². The largest absolute Gasteiger partial charge is 0.401 e. The van der Waals surface area contributed by atoms with E-state index in [2.05, 4.69) is 5.32 Å². The molecular weight excluding hydrogens is 328 g/mol. The Kier molecular flexibility index (Phi) is 6.17. The van der Waals surface area contributed by atoms with Gasteiger partial charge in [-0.05, 0) is 37.1 Å². The van der Waals surface area contributed by atoms with E-state index >= 15 is 0 Å². The molecule has 1 aromatic carbocycles. The highest BCUT2D eigenvalue weighted by Gasteiger charge is 2.34. The van der Waals surface area contributed by atoms with Gasteiger partial charge in [-0.3, -0.25) is 9.69 Å². The highest BCUT2D eigenvalue weighted by Crippen LogP contribution is 2.22. The van der Waals surface area contributed by atoms with E-state index < -0.39 is 31.1 Å². The van der Waals surface area contributed by atoms with Crippen molar-refractivity contribution in [3.63, 3.8) is 0 Å². The zero-order valence-corrected chi connectivity index (χ0v) is 13.1. The summed E-state index contributed by atoms with van der Waals surface area (Å²) in [7, 11) is 0. The number of hydrogen-bond donors (Lipinski definition) is 2. The first kappa shape index (κ1) is 18.7. The molecule has 0 spiro atoms. The van der Waals surface area contributed by atoms with Crippen LogP contribution < -0.4 is 5.32 Å². The normalized spacial score (nSPS) is 19.3. The van der Waals surface area contributed by atoms with Crippen LogP contribution in [-0.2, 0) is 17.9 Å². The van der Waals surface area contributed by atoms with Gasteiger partial charge >= 0.3 is 6.18 Å². The number of aliphatic hydroxyl groups is 1. The van der Waals surface area contributed by atoms with Crippen LogP contribution >= 0.6 is 0 Å². The van der Waals surface area contributed by atoms with E-state index in [0.717, 1.165) is 0 Å². The minimum Gasteiger partial charge on any atom is -0.392 e. The lowest BCUT2D eigenvalue weighted by Gasteiger charge is -2.32. The van der Waals surface area contributed by atoms with Crippen molar-refractivity contribution in [1.29, 1.82) is 0 Å². The van der Waals surface area contributed by atoms with Crippen LogP contribution in [0.1, 0.15) is 24.0 Å². The summed E-state index contributed by atoms with van der Waals surface area (Å²) in [6.07, 6.45) is -3.18. The van der Waals surface area contributed by atoms with Gasteiger partial charge in [-0.2, -0.15) is 13.2 Å². The van der Waals surface area contributed by atoms with Gasteiger partial charge in [-0.1, -0.05) is 6.07 Å². The molecule has 0 bridgehead atoms. The molecule has 2 rings (SSSR count). The molecule has 0 unspecified atom stereocenters. The summed E-state index contributed by atoms with van der Waals surface area (Å²) in [5, 5.41) is 11.7. The maximum Gasteiger partial charge on any atom is 0.401 e. The molecule has 1 saturated heterocycles. The predicted molar refractivity (Wildman–Crippen MR) is 79.4 cm³/mol. The van der Waals surface area contributed by atoms with Crippen molar-refractivity contribution in [2.75, 3.05) is 19.6 Å². The number of rotatable bonds is 5. The topological polar surface area (TPSA) is 52.6 Å². The molecule has 0 aromatic heterocycles. The Labute approximate surface area is 137 Å². The van der Waals surface area contributed by atoms with Crippen molar-refractivity contribution in [3.05, 3.63) is 35.1 Å². The van der Waals surface area contributed by atoms with E-state index in [4.69, 9.17) is 5.11 Å². The minimum absolute atomic E-state index is 0.0800. The summed E-state index contributed by atoms with van der Waals surface area (Å²) in [5.74, 6) is -1.32. The number of benzene rings is 1. The van der Waals surface area contributed by atoms with Crippen molar-refractivity contribution in [1.82, 2.24) is 10.2 Å². The van der Waals surface area contributed by atoms with Gasteiger partial charge in [-0.15, -0.1) is 0 Å². The molecule has 1 atom stereocenters. The average molecular weight is 348 g/mol. The standard InChI is InChI=1S/C16H20F4N2O2/c17-14-4-3-11(6-13(14)9-23)7-21-15(24)12-2-1-5-22(8-12)10-16(18,19)20/h3-4,6,12,23H,1-2,5,7-10H2,(H,21,24)/t12-/m0/s1. The van der Waals surface area contributed by atoms with Gasteiger partial charge in [-0.25, -0.2) is 4.39 Å². The van der Waals surface area contributed by atoms with Crippen LogP contribution in [0.25, 0.3) is 0 Å². The van der Waals surface area contributed by atoms with Gasteiger partial charge in [0.05, 0.1) is 19.1 Å². The second-order valence-electron chi connectivity index (χ2n) is 5.99. The van der Waals surface area contributed by atoms with Gasteiger partial charge in [0, 0.05) is 18.7 Å². The van der Waals surface area contributed by atoms with E-state index in [1.807, 2.05) is 0 Å². The smallest absolute Gasteiger partial charge is 0.392 e. The lowest BCUT2D eigenvalue weighted by Crippen LogP contribution is -2.45. The number of hydrogen-bond acceptors (Lipinski definition) is 3. The van der Waals surface area contributed by atoms with Crippen LogP contribution in [0.3, 0.4) is 0 Å². The molecule has 2 N–H and O–H groups in total. The Morgan fingerprint density at radius 3 is 2.79 bits per heavy atom. The van der Waals surface area contributed by atoms with Gasteiger partial charge < -0.3 is 10.4 Å². The van der Waals surface area contributed by atoms with Gasteiger partial charge in [0.2, 0.25) is 5.91 Å². The average Bonchev–Trinajstić information content (AvgIpc) is 2.52. The number of nitrogens with one attached hydrogen (secondary N) is 1. The first-order valence-electron chi connectivity index (χ1n) is 7.73. The number of nitrogens with zero attached hydrogens (tertiary/aromatic N) is 1. The second kappa shape index (κ2) is 7.94. The zero-order chi connectivity index (χ0) is 17.7. The van der Waals surface area contributed by atoms with Crippen LogP contribution in [0, 0.1) is 11.7 Å².